The Balaban J connectivity index is 1.86. The molecule has 0 amide bonds. The molecule has 0 aromatic heterocycles. The predicted octanol–water partition coefficient (Wildman–Crippen LogP) is 3.53. The van der Waals surface area contributed by atoms with E-state index >= 15 is 0 Å². The van der Waals surface area contributed by atoms with Gasteiger partial charge in [-0.3, -0.25) is 0 Å². The molecule has 2 fully saturated rings. The average Bonchev–Trinajstić information content (AvgIpc) is 3.04. The quantitative estimate of drug-likeness (QED) is 0.897. The van der Waals surface area contributed by atoms with Crippen LogP contribution >= 0.6 is 0 Å². The van der Waals surface area contributed by atoms with Gasteiger partial charge in [0.05, 0.1) is 7.11 Å². The minimum atomic E-state index is -0.151. The Hall–Kier alpha value is -1.09. The van der Waals surface area contributed by atoms with Crippen molar-refractivity contribution in [3.05, 3.63) is 29.6 Å². The molecule has 3 heteroatoms. The van der Waals surface area contributed by atoms with Crippen LogP contribution in [0.15, 0.2) is 18.2 Å². The van der Waals surface area contributed by atoms with Crippen molar-refractivity contribution < 1.29 is 9.13 Å². The zero-order valence-electron chi connectivity index (χ0n) is 11.7. The molecule has 0 aliphatic heterocycles. The third-order valence-corrected chi connectivity index (χ3v) is 5.07. The molecule has 2 nitrogen and oxygen atoms in total. The van der Waals surface area contributed by atoms with E-state index in [2.05, 4.69) is 5.32 Å². The van der Waals surface area contributed by atoms with E-state index in [9.17, 15) is 4.39 Å². The lowest BCUT2D eigenvalue weighted by Gasteiger charge is -2.31. The summed E-state index contributed by atoms with van der Waals surface area (Å²) in [6, 6.07) is 5.37. The lowest BCUT2D eigenvalue weighted by Crippen LogP contribution is -2.29. The summed E-state index contributed by atoms with van der Waals surface area (Å²) < 4.78 is 19.3. The van der Waals surface area contributed by atoms with Gasteiger partial charge in [-0.1, -0.05) is 12.5 Å². The van der Waals surface area contributed by atoms with Crippen molar-refractivity contribution in [2.45, 2.75) is 31.7 Å². The van der Waals surface area contributed by atoms with Crippen molar-refractivity contribution in [1.29, 1.82) is 0 Å². The van der Waals surface area contributed by atoms with Gasteiger partial charge in [-0.15, -0.1) is 0 Å². The molecule has 1 N–H and O–H groups in total. The Morgan fingerprint density at radius 2 is 2.16 bits per heavy atom. The maximum atomic E-state index is 14.2. The smallest absolute Gasteiger partial charge is 0.131 e. The highest BCUT2D eigenvalue weighted by molar-refractivity contribution is 5.31. The second-order valence-electron chi connectivity index (χ2n) is 5.99. The highest BCUT2D eigenvalue weighted by Crippen LogP contribution is 2.52. The van der Waals surface area contributed by atoms with Gasteiger partial charge in [0.1, 0.15) is 11.6 Å². The number of fused-ring (bicyclic) bond motifs is 2. The molecular formula is C16H22FNO. The van der Waals surface area contributed by atoms with Crippen LogP contribution in [0, 0.1) is 23.6 Å². The standard InChI is InChI=1S/C16H22FNO/c1-18-16(14-8-10-3-4-11(14)7-10)13-6-5-12(19-2)9-15(13)17/h5-6,9-11,14,16,18H,3-4,7-8H2,1-2H3. The molecule has 104 valence electrons. The predicted molar refractivity (Wildman–Crippen MR) is 73.7 cm³/mol. The van der Waals surface area contributed by atoms with E-state index in [4.69, 9.17) is 4.74 Å². The van der Waals surface area contributed by atoms with Crippen molar-refractivity contribution in [3.63, 3.8) is 0 Å². The first-order valence-electron chi connectivity index (χ1n) is 7.23. The Morgan fingerprint density at radius 1 is 1.32 bits per heavy atom. The fourth-order valence-electron chi connectivity index (χ4n) is 4.19. The number of nitrogens with one attached hydrogen (secondary N) is 1. The Bertz CT molecular complexity index is 462. The number of hydrogen-bond acceptors (Lipinski definition) is 2. The Morgan fingerprint density at radius 3 is 2.68 bits per heavy atom. The van der Waals surface area contributed by atoms with E-state index in [-0.39, 0.29) is 11.9 Å². The second-order valence-corrected chi connectivity index (χ2v) is 5.99. The highest BCUT2D eigenvalue weighted by Gasteiger charge is 2.43. The van der Waals surface area contributed by atoms with Gasteiger partial charge in [0, 0.05) is 17.7 Å². The van der Waals surface area contributed by atoms with Gasteiger partial charge in [-0.05, 0) is 50.1 Å². The summed E-state index contributed by atoms with van der Waals surface area (Å²) in [4.78, 5) is 0. The van der Waals surface area contributed by atoms with Gasteiger partial charge < -0.3 is 10.1 Å². The van der Waals surface area contributed by atoms with E-state index in [1.807, 2.05) is 19.2 Å². The molecule has 0 radical (unpaired) electrons. The molecule has 4 atom stereocenters. The molecule has 4 unspecified atom stereocenters. The molecule has 0 spiro atoms. The van der Waals surface area contributed by atoms with Crippen molar-refractivity contribution in [1.82, 2.24) is 5.32 Å². The van der Waals surface area contributed by atoms with E-state index < -0.39 is 0 Å². The summed E-state index contributed by atoms with van der Waals surface area (Å²) in [6.45, 7) is 0. The molecule has 2 aliphatic carbocycles. The normalized spacial score (nSPS) is 30.6. The molecule has 2 aliphatic rings. The molecule has 1 aromatic carbocycles. The molecule has 0 heterocycles. The molecule has 0 saturated heterocycles. The van der Waals surface area contributed by atoms with Gasteiger partial charge in [0.15, 0.2) is 0 Å². The third kappa shape index (κ3) is 2.25. The van der Waals surface area contributed by atoms with Crippen LogP contribution in [0.3, 0.4) is 0 Å². The number of hydrogen-bond donors (Lipinski definition) is 1. The van der Waals surface area contributed by atoms with Gasteiger partial charge in [-0.25, -0.2) is 4.39 Å². The maximum Gasteiger partial charge on any atom is 0.131 e. The first kappa shape index (κ1) is 12.9. The number of benzene rings is 1. The van der Waals surface area contributed by atoms with Gasteiger partial charge >= 0.3 is 0 Å². The van der Waals surface area contributed by atoms with Crippen molar-refractivity contribution in [3.8, 4) is 5.75 Å². The zero-order chi connectivity index (χ0) is 13.4. The summed E-state index contributed by atoms with van der Waals surface area (Å²) in [5, 5.41) is 3.34. The van der Waals surface area contributed by atoms with Crippen LogP contribution in [0.1, 0.15) is 37.3 Å². The highest BCUT2D eigenvalue weighted by atomic mass is 19.1. The fourth-order valence-corrected chi connectivity index (χ4v) is 4.19. The molecule has 2 saturated carbocycles. The summed E-state index contributed by atoms with van der Waals surface area (Å²) in [6.07, 6.45) is 5.30. The number of halogens is 1. The van der Waals surface area contributed by atoms with Crippen LogP contribution in [0.4, 0.5) is 4.39 Å². The summed E-state index contributed by atoms with van der Waals surface area (Å²) in [7, 11) is 3.51. The Kier molecular flexibility index (Phi) is 3.48. The van der Waals surface area contributed by atoms with E-state index in [0.717, 1.165) is 17.4 Å². The van der Waals surface area contributed by atoms with Crippen LogP contribution in [-0.2, 0) is 0 Å². The first-order valence-corrected chi connectivity index (χ1v) is 7.23. The van der Waals surface area contributed by atoms with E-state index in [1.54, 1.807) is 7.11 Å². The SMILES string of the molecule is CNC(c1ccc(OC)cc1F)C1CC2CCC1C2. The van der Waals surface area contributed by atoms with Crippen LogP contribution in [0.25, 0.3) is 0 Å². The minimum absolute atomic E-state index is 0.140. The average molecular weight is 263 g/mol. The minimum Gasteiger partial charge on any atom is -0.497 e. The van der Waals surface area contributed by atoms with Gasteiger partial charge in [0.2, 0.25) is 0 Å². The molecular weight excluding hydrogens is 241 g/mol. The third-order valence-electron chi connectivity index (χ3n) is 5.07. The van der Waals surface area contributed by atoms with E-state index in [1.165, 1.54) is 31.7 Å². The van der Waals surface area contributed by atoms with Crippen molar-refractivity contribution in [2.75, 3.05) is 14.2 Å². The van der Waals surface area contributed by atoms with Crippen LogP contribution in [0.2, 0.25) is 0 Å². The van der Waals surface area contributed by atoms with Crippen molar-refractivity contribution in [2.24, 2.45) is 17.8 Å². The molecule has 19 heavy (non-hydrogen) atoms. The molecule has 1 aromatic rings. The topological polar surface area (TPSA) is 21.3 Å². The van der Waals surface area contributed by atoms with Gasteiger partial charge in [0.25, 0.3) is 0 Å². The van der Waals surface area contributed by atoms with Crippen LogP contribution < -0.4 is 10.1 Å². The lowest BCUT2D eigenvalue weighted by molar-refractivity contribution is 0.255. The maximum absolute atomic E-state index is 14.2. The number of ether oxygens (including phenoxy) is 1. The fraction of sp³-hybridized carbons (Fsp3) is 0.625. The number of rotatable bonds is 4. The lowest BCUT2D eigenvalue weighted by atomic mass is 9.80. The first-order chi connectivity index (χ1) is 9.22. The number of methoxy groups -OCH3 is 1. The van der Waals surface area contributed by atoms with Crippen LogP contribution in [-0.4, -0.2) is 14.2 Å². The molecule has 3 rings (SSSR count). The summed E-state index contributed by atoms with van der Waals surface area (Å²) >= 11 is 0. The van der Waals surface area contributed by atoms with Crippen molar-refractivity contribution >= 4 is 0 Å². The molecule has 2 bridgehead atoms. The largest absolute Gasteiger partial charge is 0.497 e. The monoisotopic (exact) mass is 263 g/mol. The summed E-state index contributed by atoms with van der Waals surface area (Å²) in [5.74, 6) is 2.69. The van der Waals surface area contributed by atoms with E-state index in [0.29, 0.717) is 11.7 Å². The van der Waals surface area contributed by atoms with Crippen LogP contribution in [0.5, 0.6) is 5.75 Å². The van der Waals surface area contributed by atoms with Gasteiger partial charge in [-0.2, -0.15) is 0 Å². The second kappa shape index (κ2) is 5.12. The Labute approximate surface area is 114 Å². The zero-order valence-corrected chi connectivity index (χ0v) is 11.7. The summed E-state index contributed by atoms with van der Waals surface area (Å²) in [5.41, 5.74) is 0.792.